The number of nitrogens with one attached hydrogen (secondary N) is 1. The Kier molecular flexibility index (Phi) is 5.23. The molecular weight excluding hydrogens is 380 g/mol. The lowest BCUT2D eigenvalue weighted by Crippen LogP contribution is -2.30. The third-order valence-corrected chi connectivity index (χ3v) is 5.32. The molecule has 0 unspecified atom stereocenters. The number of carbonyl (C=O) groups excluding carboxylic acids is 2. The first-order chi connectivity index (χ1) is 12.0. The van der Waals surface area contributed by atoms with Crippen LogP contribution in [0, 0.1) is 12.8 Å². The molecule has 1 aliphatic heterocycles. The van der Waals surface area contributed by atoms with E-state index in [0.29, 0.717) is 6.54 Å². The number of halogens is 1. The van der Waals surface area contributed by atoms with Gasteiger partial charge in [-0.05, 0) is 53.0 Å². The van der Waals surface area contributed by atoms with Crippen LogP contribution in [-0.2, 0) is 9.59 Å². The zero-order chi connectivity index (χ0) is 18.0. The molecule has 25 heavy (non-hydrogen) atoms. The molecule has 2 atom stereocenters. The van der Waals surface area contributed by atoms with Crippen LogP contribution in [0.1, 0.15) is 30.5 Å². The summed E-state index contributed by atoms with van der Waals surface area (Å²) in [4.78, 5) is 26.8. The Hall–Kier alpha value is -2.14. The first-order valence-corrected chi connectivity index (χ1v) is 9.16. The van der Waals surface area contributed by atoms with Crippen LogP contribution in [-0.4, -0.2) is 23.3 Å². The molecule has 1 heterocycles. The minimum absolute atomic E-state index is 0.0273. The number of hydrogen-bond donors (Lipinski definition) is 1. The van der Waals surface area contributed by atoms with Crippen LogP contribution in [0.3, 0.4) is 0 Å². The lowest BCUT2D eigenvalue weighted by molar-refractivity contribution is -0.129. The fourth-order valence-electron chi connectivity index (χ4n) is 3.15. The van der Waals surface area contributed by atoms with E-state index in [0.717, 1.165) is 21.3 Å². The van der Waals surface area contributed by atoms with Gasteiger partial charge in [-0.15, -0.1) is 0 Å². The van der Waals surface area contributed by atoms with Crippen LogP contribution >= 0.6 is 15.9 Å². The van der Waals surface area contributed by atoms with Gasteiger partial charge >= 0.3 is 0 Å². The fraction of sp³-hybridized carbons (Fsp3) is 0.300. The van der Waals surface area contributed by atoms with Crippen LogP contribution in [0.25, 0.3) is 0 Å². The van der Waals surface area contributed by atoms with E-state index in [4.69, 9.17) is 0 Å². The van der Waals surface area contributed by atoms with Crippen molar-refractivity contribution in [1.82, 2.24) is 4.90 Å². The van der Waals surface area contributed by atoms with Gasteiger partial charge in [0.2, 0.25) is 11.8 Å². The van der Waals surface area contributed by atoms with Gasteiger partial charge in [-0.25, -0.2) is 0 Å². The van der Waals surface area contributed by atoms with Crippen molar-refractivity contribution >= 4 is 33.4 Å². The Morgan fingerprint density at radius 2 is 1.96 bits per heavy atom. The van der Waals surface area contributed by atoms with Crippen molar-refractivity contribution in [3.05, 3.63) is 64.1 Å². The Morgan fingerprint density at radius 3 is 2.64 bits per heavy atom. The van der Waals surface area contributed by atoms with Crippen LogP contribution in [0.4, 0.5) is 5.69 Å². The number of rotatable bonds is 4. The summed E-state index contributed by atoms with van der Waals surface area (Å²) in [5.74, 6) is -0.410. The number of anilines is 1. The highest BCUT2D eigenvalue weighted by Crippen LogP contribution is 2.30. The predicted octanol–water partition coefficient (Wildman–Crippen LogP) is 4.31. The van der Waals surface area contributed by atoms with Crippen LogP contribution in [0.5, 0.6) is 0 Å². The second kappa shape index (κ2) is 7.40. The van der Waals surface area contributed by atoms with Gasteiger partial charge in [0.1, 0.15) is 0 Å². The van der Waals surface area contributed by atoms with Crippen molar-refractivity contribution in [3.8, 4) is 0 Å². The number of aryl methyl sites for hydroxylation is 1. The maximum absolute atomic E-state index is 12.6. The lowest BCUT2D eigenvalue weighted by Gasteiger charge is -2.25. The van der Waals surface area contributed by atoms with E-state index in [1.54, 1.807) is 4.90 Å². The number of carbonyl (C=O) groups is 2. The van der Waals surface area contributed by atoms with E-state index in [1.807, 2.05) is 62.4 Å². The van der Waals surface area contributed by atoms with Crippen LogP contribution in [0.2, 0.25) is 0 Å². The molecule has 0 aromatic heterocycles. The molecule has 0 saturated carbocycles. The number of hydrogen-bond acceptors (Lipinski definition) is 2. The molecule has 3 rings (SSSR count). The standard InChI is InChI=1S/C20H21BrN2O2/c1-13-8-9-18(17(21)10-13)22-20(25)16-11-19(24)23(12-16)14(2)15-6-4-3-5-7-15/h3-10,14,16H,11-12H2,1-2H3,(H,22,25)/t14-,16+/m1/s1. The van der Waals surface area contributed by atoms with Crippen molar-refractivity contribution in [3.63, 3.8) is 0 Å². The number of benzene rings is 2. The normalized spacial score (nSPS) is 18.3. The zero-order valence-corrected chi connectivity index (χ0v) is 15.9. The van der Waals surface area contributed by atoms with E-state index in [9.17, 15) is 9.59 Å². The van der Waals surface area contributed by atoms with Crippen molar-refractivity contribution in [2.24, 2.45) is 5.92 Å². The molecule has 1 saturated heterocycles. The Balaban J connectivity index is 1.68. The van der Waals surface area contributed by atoms with Crippen molar-refractivity contribution < 1.29 is 9.59 Å². The Labute approximate surface area is 156 Å². The van der Waals surface area contributed by atoms with E-state index >= 15 is 0 Å². The van der Waals surface area contributed by atoms with Gasteiger partial charge in [-0.3, -0.25) is 9.59 Å². The molecule has 1 fully saturated rings. The quantitative estimate of drug-likeness (QED) is 0.830. The second-order valence-electron chi connectivity index (χ2n) is 6.51. The van der Waals surface area contributed by atoms with Crippen molar-refractivity contribution in [1.29, 1.82) is 0 Å². The predicted molar refractivity (Wildman–Crippen MR) is 102 cm³/mol. The minimum Gasteiger partial charge on any atom is -0.335 e. The summed E-state index contributed by atoms with van der Waals surface area (Å²) < 4.78 is 0.847. The molecule has 5 heteroatoms. The topological polar surface area (TPSA) is 49.4 Å². The molecule has 4 nitrogen and oxygen atoms in total. The highest BCUT2D eigenvalue weighted by Gasteiger charge is 2.37. The summed E-state index contributed by atoms with van der Waals surface area (Å²) in [6.45, 7) is 4.45. The summed E-state index contributed by atoms with van der Waals surface area (Å²) in [7, 11) is 0. The van der Waals surface area contributed by atoms with Crippen LogP contribution < -0.4 is 5.32 Å². The smallest absolute Gasteiger partial charge is 0.229 e. The van der Waals surface area contributed by atoms with E-state index in [-0.39, 0.29) is 30.2 Å². The Morgan fingerprint density at radius 1 is 1.24 bits per heavy atom. The molecule has 2 aromatic carbocycles. The molecule has 2 amide bonds. The van der Waals surface area contributed by atoms with Gasteiger partial charge in [0.05, 0.1) is 17.6 Å². The van der Waals surface area contributed by atoms with Gasteiger partial charge in [-0.1, -0.05) is 36.4 Å². The average molecular weight is 401 g/mol. The van der Waals surface area contributed by atoms with Crippen molar-refractivity contribution in [2.45, 2.75) is 26.3 Å². The van der Waals surface area contributed by atoms with E-state index in [1.165, 1.54) is 0 Å². The summed E-state index contributed by atoms with van der Waals surface area (Å²) in [5.41, 5.74) is 2.93. The first kappa shape index (κ1) is 17.7. The fourth-order valence-corrected chi connectivity index (χ4v) is 3.74. The third-order valence-electron chi connectivity index (χ3n) is 4.66. The van der Waals surface area contributed by atoms with Gasteiger partial charge < -0.3 is 10.2 Å². The molecule has 1 N–H and O–H groups in total. The summed E-state index contributed by atoms with van der Waals surface area (Å²) >= 11 is 3.47. The second-order valence-corrected chi connectivity index (χ2v) is 7.36. The van der Waals surface area contributed by atoms with E-state index < -0.39 is 0 Å². The summed E-state index contributed by atoms with van der Waals surface area (Å²) in [6.07, 6.45) is 0.256. The van der Waals surface area contributed by atoms with Gasteiger partial charge in [0.25, 0.3) is 0 Å². The minimum atomic E-state index is -0.327. The molecular formula is C20H21BrN2O2. The molecule has 0 aliphatic carbocycles. The molecule has 0 spiro atoms. The maximum Gasteiger partial charge on any atom is 0.229 e. The molecule has 130 valence electrons. The SMILES string of the molecule is Cc1ccc(NC(=O)[C@H]2CC(=O)N([C@H](C)c3ccccc3)C2)c(Br)c1. The van der Waals surface area contributed by atoms with Crippen molar-refractivity contribution in [2.75, 3.05) is 11.9 Å². The van der Waals surface area contributed by atoms with Gasteiger partial charge in [0.15, 0.2) is 0 Å². The summed E-state index contributed by atoms with van der Waals surface area (Å²) in [6, 6.07) is 15.7. The molecule has 2 aromatic rings. The Bertz CT molecular complexity index is 792. The molecule has 0 bridgehead atoms. The molecule has 1 aliphatic rings. The van der Waals surface area contributed by atoms with Gasteiger partial charge in [-0.2, -0.15) is 0 Å². The monoisotopic (exact) mass is 400 g/mol. The first-order valence-electron chi connectivity index (χ1n) is 8.37. The van der Waals surface area contributed by atoms with Gasteiger partial charge in [0, 0.05) is 17.4 Å². The largest absolute Gasteiger partial charge is 0.335 e. The lowest BCUT2D eigenvalue weighted by atomic mass is 10.1. The number of amides is 2. The van der Waals surface area contributed by atoms with E-state index in [2.05, 4.69) is 21.2 Å². The maximum atomic E-state index is 12.6. The third kappa shape index (κ3) is 3.93. The number of nitrogens with zero attached hydrogens (tertiary/aromatic N) is 1. The zero-order valence-electron chi connectivity index (χ0n) is 14.3. The van der Waals surface area contributed by atoms with Crippen LogP contribution in [0.15, 0.2) is 53.0 Å². The average Bonchev–Trinajstić information content (AvgIpc) is 2.99. The highest BCUT2D eigenvalue weighted by molar-refractivity contribution is 9.10. The summed E-state index contributed by atoms with van der Waals surface area (Å²) in [5, 5.41) is 2.93. The number of likely N-dealkylation sites (tertiary alicyclic amines) is 1. The highest BCUT2D eigenvalue weighted by atomic mass is 79.9. The molecule has 0 radical (unpaired) electrons.